The van der Waals surface area contributed by atoms with Gasteiger partial charge >= 0.3 is 11.9 Å². The number of nitrogens with one attached hydrogen (secondary N) is 1. The van der Waals surface area contributed by atoms with Crippen molar-refractivity contribution < 1.29 is 23.9 Å². The van der Waals surface area contributed by atoms with E-state index in [9.17, 15) is 14.4 Å². The molecule has 1 N–H and O–H groups in total. The van der Waals surface area contributed by atoms with E-state index in [0.717, 1.165) is 15.3 Å². The molecule has 2 aromatic rings. The molecule has 1 heterocycles. The van der Waals surface area contributed by atoms with E-state index in [-0.39, 0.29) is 0 Å². The van der Waals surface area contributed by atoms with Crippen molar-refractivity contribution in [1.82, 2.24) is 0 Å². The lowest BCUT2D eigenvalue weighted by atomic mass is 10.1. The molecule has 0 saturated heterocycles. The number of benzene rings is 1. The minimum Gasteiger partial charge on any atom is -0.465 e. The molecule has 0 aliphatic carbocycles. The molecule has 2 rings (SSSR count). The number of esters is 2. The fraction of sp³-hybridized carbons (Fsp3) is 0.316. The maximum Gasteiger partial charge on any atom is 0.341 e. The van der Waals surface area contributed by atoms with Gasteiger partial charge in [0.1, 0.15) is 10.3 Å². The number of thioether (sulfide) groups is 1. The Hall–Kier alpha value is -2.32. The number of methoxy groups -OCH3 is 1. The van der Waals surface area contributed by atoms with E-state index in [0.29, 0.717) is 10.6 Å². The smallest absolute Gasteiger partial charge is 0.341 e. The standard InChI is InChI=1S/C19H21NO5S2/c1-11-12(2)27-17(16(11)19(23)24-4)20-15(21)10-25-18(22)13(3)26-14-8-6-5-7-9-14/h5-9,13H,10H2,1-4H3,(H,20,21)/t13-/m1/s1. The zero-order valence-corrected chi connectivity index (χ0v) is 17.2. The fourth-order valence-electron chi connectivity index (χ4n) is 2.23. The normalized spacial score (nSPS) is 11.6. The van der Waals surface area contributed by atoms with Crippen molar-refractivity contribution >= 4 is 45.9 Å². The minimum atomic E-state index is -0.517. The van der Waals surface area contributed by atoms with Crippen molar-refractivity contribution in [2.75, 3.05) is 19.0 Å². The molecule has 144 valence electrons. The van der Waals surface area contributed by atoms with Gasteiger partial charge in [-0.2, -0.15) is 0 Å². The number of ether oxygens (including phenoxy) is 2. The first-order valence-electron chi connectivity index (χ1n) is 8.20. The zero-order chi connectivity index (χ0) is 20.0. The Morgan fingerprint density at radius 2 is 1.85 bits per heavy atom. The minimum absolute atomic E-state index is 0.327. The summed E-state index contributed by atoms with van der Waals surface area (Å²) < 4.78 is 9.86. The van der Waals surface area contributed by atoms with Crippen LogP contribution in [-0.4, -0.2) is 36.8 Å². The van der Waals surface area contributed by atoms with Crippen LogP contribution in [0.5, 0.6) is 0 Å². The number of hydrogen-bond acceptors (Lipinski definition) is 7. The third-order valence-electron chi connectivity index (χ3n) is 3.76. The van der Waals surface area contributed by atoms with Crippen molar-refractivity contribution in [3.63, 3.8) is 0 Å². The molecule has 0 aliphatic rings. The number of anilines is 1. The lowest BCUT2D eigenvalue weighted by Crippen LogP contribution is -2.25. The Kier molecular flexibility index (Phi) is 7.44. The van der Waals surface area contributed by atoms with E-state index in [1.165, 1.54) is 30.2 Å². The van der Waals surface area contributed by atoms with Crippen LogP contribution in [0.25, 0.3) is 0 Å². The molecule has 1 aromatic carbocycles. The molecule has 1 amide bonds. The summed E-state index contributed by atoms with van der Waals surface area (Å²) in [5.41, 5.74) is 1.08. The number of carbonyl (C=O) groups excluding carboxylic acids is 3. The molecular formula is C19H21NO5S2. The van der Waals surface area contributed by atoms with Gasteiger partial charge in [0.15, 0.2) is 6.61 Å². The summed E-state index contributed by atoms with van der Waals surface area (Å²) in [6, 6.07) is 9.47. The highest BCUT2D eigenvalue weighted by Crippen LogP contribution is 2.33. The van der Waals surface area contributed by atoms with Crippen molar-refractivity contribution in [3.05, 3.63) is 46.3 Å². The summed E-state index contributed by atoms with van der Waals surface area (Å²) in [6.07, 6.45) is 0. The average Bonchev–Trinajstić information content (AvgIpc) is 2.93. The van der Waals surface area contributed by atoms with Crippen LogP contribution in [0, 0.1) is 13.8 Å². The van der Waals surface area contributed by atoms with Crippen molar-refractivity contribution in [1.29, 1.82) is 0 Å². The molecule has 0 spiro atoms. The number of thiophene rings is 1. The quantitative estimate of drug-likeness (QED) is 0.555. The van der Waals surface area contributed by atoms with Crippen LogP contribution >= 0.6 is 23.1 Å². The summed E-state index contributed by atoms with van der Waals surface area (Å²) in [5, 5.41) is 2.57. The predicted octanol–water partition coefficient (Wildman–Crippen LogP) is 3.81. The predicted molar refractivity (Wildman–Crippen MR) is 106 cm³/mol. The highest BCUT2D eigenvalue weighted by molar-refractivity contribution is 8.00. The van der Waals surface area contributed by atoms with Gasteiger partial charge in [0.25, 0.3) is 5.91 Å². The molecule has 0 radical (unpaired) electrons. The molecule has 8 heteroatoms. The zero-order valence-electron chi connectivity index (χ0n) is 15.5. The van der Waals surface area contributed by atoms with Crippen LogP contribution < -0.4 is 5.32 Å². The molecule has 1 aromatic heterocycles. The lowest BCUT2D eigenvalue weighted by molar-refractivity contribution is -0.146. The maximum absolute atomic E-state index is 12.1. The maximum atomic E-state index is 12.1. The first kappa shape index (κ1) is 21.0. The van der Waals surface area contributed by atoms with E-state index in [4.69, 9.17) is 9.47 Å². The van der Waals surface area contributed by atoms with E-state index in [2.05, 4.69) is 5.32 Å². The summed E-state index contributed by atoms with van der Waals surface area (Å²) in [7, 11) is 1.29. The second-order valence-electron chi connectivity index (χ2n) is 5.71. The molecule has 0 saturated carbocycles. The number of carbonyl (C=O) groups is 3. The highest BCUT2D eigenvalue weighted by atomic mass is 32.2. The Morgan fingerprint density at radius 3 is 2.48 bits per heavy atom. The van der Waals surface area contributed by atoms with Gasteiger partial charge in [-0.1, -0.05) is 18.2 Å². The largest absolute Gasteiger partial charge is 0.465 e. The van der Waals surface area contributed by atoms with Crippen molar-refractivity contribution in [2.45, 2.75) is 30.9 Å². The molecule has 0 bridgehead atoms. The molecule has 27 heavy (non-hydrogen) atoms. The third kappa shape index (κ3) is 5.58. The third-order valence-corrected chi connectivity index (χ3v) is 5.97. The average molecular weight is 408 g/mol. The molecule has 0 aliphatic heterocycles. The topological polar surface area (TPSA) is 81.7 Å². The van der Waals surface area contributed by atoms with Gasteiger partial charge in [-0.3, -0.25) is 9.59 Å². The van der Waals surface area contributed by atoms with Gasteiger partial charge in [-0.25, -0.2) is 4.79 Å². The van der Waals surface area contributed by atoms with Crippen LogP contribution in [0.1, 0.15) is 27.7 Å². The van der Waals surface area contributed by atoms with Crippen LogP contribution in [-0.2, 0) is 19.1 Å². The monoisotopic (exact) mass is 407 g/mol. The summed E-state index contributed by atoms with van der Waals surface area (Å²) >= 11 is 2.63. The van der Waals surface area contributed by atoms with E-state index in [1.54, 1.807) is 13.8 Å². The van der Waals surface area contributed by atoms with Gasteiger partial charge in [-0.05, 0) is 38.5 Å². The first-order chi connectivity index (χ1) is 12.8. The molecule has 6 nitrogen and oxygen atoms in total. The first-order valence-corrected chi connectivity index (χ1v) is 9.89. The SMILES string of the molecule is COC(=O)c1c(NC(=O)COC(=O)[C@@H](C)Sc2ccccc2)sc(C)c1C. The number of rotatable bonds is 7. The van der Waals surface area contributed by atoms with Crippen LogP contribution in [0.15, 0.2) is 35.2 Å². The van der Waals surface area contributed by atoms with Crippen LogP contribution in [0.4, 0.5) is 5.00 Å². The Balaban J connectivity index is 1.92. The molecule has 0 fully saturated rings. The Bertz CT molecular complexity index is 832. The van der Waals surface area contributed by atoms with Gasteiger partial charge in [-0.15, -0.1) is 23.1 Å². The number of aryl methyl sites for hydroxylation is 1. The lowest BCUT2D eigenvalue weighted by Gasteiger charge is -2.11. The molecule has 0 unspecified atom stereocenters. The number of amides is 1. The summed E-state index contributed by atoms with van der Waals surface area (Å²) in [4.78, 5) is 38.0. The Labute approximate surface area is 166 Å². The summed E-state index contributed by atoms with van der Waals surface area (Å²) in [6.45, 7) is 4.94. The van der Waals surface area contributed by atoms with Crippen LogP contribution in [0.2, 0.25) is 0 Å². The van der Waals surface area contributed by atoms with E-state index >= 15 is 0 Å². The molecular weight excluding hydrogens is 386 g/mol. The fourth-order valence-corrected chi connectivity index (χ4v) is 4.18. The van der Waals surface area contributed by atoms with Gasteiger partial charge in [0, 0.05) is 9.77 Å². The Morgan fingerprint density at radius 1 is 1.19 bits per heavy atom. The van der Waals surface area contributed by atoms with Gasteiger partial charge < -0.3 is 14.8 Å². The van der Waals surface area contributed by atoms with Gasteiger partial charge in [0.2, 0.25) is 0 Å². The van der Waals surface area contributed by atoms with E-state index < -0.39 is 29.7 Å². The van der Waals surface area contributed by atoms with Crippen molar-refractivity contribution in [3.8, 4) is 0 Å². The number of hydrogen-bond donors (Lipinski definition) is 1. The van der Waals surface area contributed by atoms with E-state index in [1.807, 2.05) is 37.3 Å². The second kappa shape index (κ2) is 9.57. The van der Waals surface area contributed by atoms with Gasteiger partial charge in [0.05, 0.1) is 12.7 Å². The molecule has 1 atom stereocenters. The second-order valence-corrected chi connectivity index (χ2v) is 8.35. The van der Waals surface area contributed by atoms with Crippen LogP contribution in [0.3, 0.4) is 0 Å². The van der Waals surface area contributed by atoms with Crippen molar-refractivity contribution in [2.24, 2.45) is 0 Å². The summed E-state index contributed by atoms with van der Waals surface area (Å²) in [5.74, 6) is -1.51. The highest BCUT2D eigenvalue weighted by Gasteiger charge is 2.22.